The lowest BCUT2D eigenvalue weighted by molar-refractivity contribution is 0.393. The van der Waals surface area contributed by atoms with Gasteiger partial charge in [0.15, 0.2) is 11.2 Å². The van der Waals surface area contributed by atoms with Crippen LogP contribution in [0.4, 0.5) is 0 Å². The molecule has 0 bridgehead atoms. The van der Waals surface area contributed by atoms with Crippen LogP contribution in [0, 0.1) is 13.8 Å². The van der Waals surface area contributed by atoms with Gasteiger partial charge in [0, 0.05) is 31.5 Å². The molecule has 0 aliphatic rings. The molecule has 0 aliphatic heterocycles. The topological polar surface area (TPSA) is 84.7 Å². The summed E-state index contributed by atoms with van der Waals surface area (Å²) in [5.74, 6) is 1.81. The van der Waals surface area contributed by atoms with E-state index in [-0.39, 0.29) is 5.56 Å². The molecule has 9 nitrogen and oxygen atoms in total. The number of hydrogen-bond acceptors (Lipinski definition) is 5. The first-order valence-corrected chi connectivity index (χ1v) is 8.70. The van der Waals surface area contributed by atoms with Gasteiger partial charge in [-0.3, -0.25) is 22.9 Å². The Bertz CT molecular complexity index is 1370. The van der Waals surface area contributed by atoms with E-state index in [0.29, 0.717) is 28.4 Å². The fourth-order valence-corrected chi connectivity index (χ4v) is 3.58. The SMILES string of the molecule is COc1ccc(-n2c(C)c(C)n3c4c(=O)n(C)c(=O)n(C)c4nc23)c(OC)c1. The van der Waals surface area contributed by atoms with E-state index in [0.717, 1.165) is 21.6 Å². The van der Waals surface area contributed by atoms with Crippen molar-refractivity contribution in [1.82, 2.24) is 23.1 Å². The number of fused-ring (bicyclic) bond motifs is 3. The fraction of sp³-hybridized carbons (Fsp3) is 0.316. The maximum Gasteiger partial charge on any atom is 0.332 e. The summed E-state index contributed by atoms with van der Waals surface area (Å²) in [6.45, 7) is 3.87. The summed E-state index contributed by atoms with van der Waals surface area (Å²) in [7, 11) is 6.25. The van der Waals surface area contributed by atoms with Crippen molar-refractivity contribution in [3.63, 3.8) is 0 Å². The van der Waals surface area contributed by atoms with E-state index in [1.165, 1.54) is 11.6 Å². The van der Waals surface area contributed by atoms with Crippen molar-refractivity contribution >= 4 is 16.9 Å². The van der Waals surface area contributed by atoms with E-state index in [2.05, 4.69) is 4.98 Å². The standard InChI is InChI=1S/C19H21N5O4/c1-10-11(2)24-15-16(21(3)19(26)22(4)17(15)25)20-18(24)23(10)13-8-7-12(27-5)9-14(13)28-6/h7-9H,1-6H3. The van der Waals surface area contributed by atoms with Gasteiger partial charge in [-0.15, -0.1) is 0 Å². The summed E-state index contributed by atoms with van der Waals surface area (Å²) in [4.78, 5) is 29.8. The van der Waals surface area contributed by atoms with E-state index < -0.39 is 5.69 Å². The molecule has 3 aromatic heterocycles. The second-order valence-electron chi connectivity index (χ2n) is 6.67. The quantitative estimate of drug-likeness (QED) is 0.533. The molecule has 0 aliphatic carbocycles. The van der Waals surface area contributed by atoms with Gasteiger partial charge >= 0.3 is 5.69 Å². The van der Waals surface area contributed by atoms with Gasteiger partial charge in [0.2, 0.25) is 5.78 Å². The lowest BCUT2D eigenvalue weighted by Crippen LogP contribution is -2.37. The van der Waals surface area contributed by atoms with Gasteiger partial charge in [-0.2, -0.15) is 4.98 Å². The van der Waals surface area contributed by atoms with E-state index in [1.807, 2.05) is 30.5 Å². The van der Waals surface area contributed by atoms with Crippen LogP contribution in [0.25, 0.3) is 22.6 Å². The number of ether oxygens (including phenoxy) is 2. The van der Waals surface area contributed by atoms with Gasteiger partial charge in [0.25, 0.3) is 5.56 Å². The van der Waals surface area contributed by atoms with E-state index in [1.54, 1.807) is 31.7 Å². The number of aryl methyl sites for hydroxylation is 2. The van der Waals surface area contributed by atoms with Crippen molar-refractivity contribution in [1.29, 1.82) is 0 Å². The number of nitrogens with zero attached hydrogens (tertiary/aromatic N) is 5. The summed E-state index contributed by atoms with van der Waals surface area (Å²) in [5.41, 5.74) is 2.43. The molecular weight excluding hydrogens is 362 g/mol. The van der Waals surface area contributed by atoms with Crippen molar-refractivity contribution < 1.29 is 9.47 Å². The number of aromatic nitrogens is 5. The highest BCUT2D eigenvalue weighted by Crippen LogP contribution is 2.32. The summed E-state index contributed by atoms with van der Waals surface area (Å²) in [6.07, 6.45) is 0. The van der Waals surface area contributed by atoms with Crippen LogP contribution < -0.4 is 20.7 Å². The average molecular weight is 383 g/mol. The second kappa shape index (κ2) is 6.01. The molecule has 0 saturated heterocycles. The Kier molecular flexibility index (Phi) is 3.84. The molecule has 146 valence electrons. The number of hydrogen-bond donors (Lipinski definition) is 0. The molecule has 1 aromatic carbocycles. The minimum Gasteiger partial charge on any atom is -0.497 e. The Morgan fingerprint density at radius 2 is 1.68 bits per heavy atom. The number of methoxy groups -OCH3 is 2. The normalized spacial score (nSPS) is 11.5. The smallest absolute Gasteiger partial charge is 0.332 e. The largest absolute Gasteiger partial charge is 0.497 e. The molecule has 4 rings (SSSR count). The summed E-state index contributed by atoms with van der Waals surface area (Å²) in [6, 6.07) is 5.50. The molecule has 4 aromatic rings. The lowest BCUT2D eigenvalue weighted by atomic mass is 10.2. The van der Waals surface area contributed by atoms with E-state index in [9.17, 15) is 9.59 Å². The van der Waals surface area contributed by atoms with Crippen LogP contribution >= 0.6 is 0 Å². The van der Waals surface area contributed by atoms with Crippen LogP contribution in [-0.2, 0) is 14.1 Å². The molecule has 0 atom stereocenters. The predicted molar refractivity (Wildman–Crippen MR) is 105 cm³/mol. The number of benzene rings is 1. The minimum atomic E-state index is -0.416. The summed E-state index contributed by atoms with van der Waals surface area (Å²) in [5, 5.41) is 0. The van der Waals surface area contributed by atoms with Crippen molar-refractivity contribution in [3.8, 4) is 17.2 Å². The zero-order valence-corrected chi connectivity index (χ0v) is 16.6. The molecule has 0 spiro atoms. The van der Waals surface area contributed by atoms with Crippen LogP contribution in [0.5, 0.6) is 11.5 Å². The maximum absolute atomic E-state index is 12.8. The molecule has 0 fully saturated rings. The molecule has 9 heteroatoms. The molecule has 0 radical (unpaired) electrons. The van der Waals surface area contributed by atoms with Gasteiger partial charge in [-0.05, 0) is 26.0 Å². The first-order chi connectivity index (χ1) is 13.3. The van der Waals surface area contributed by atoms with Crippen LogP contribution in [0.1, 0.15) is 11.4 Å². The molecular formula is C19H21N5O4. The Morgan fingerprint density at radius 1 is 0.964 bits per heavy atom. The third-order valence-corrected chi connectivity index (χ3v) is 5.26. The molecule has 0 unspecified atom stereocenters. The Labute approximate surface area is 160 Å². The number of rotatable bonds is 3. The van der Waals surface area contributed by atoms with Gasteiger partial charge < -0.3 is 9.47 Å². The van der Waals surface area contributed by atoms with Crippen LogP contribution in [-0.4, -0.2) is 37.3 Å². The third-order valence-electron chi connectivity index (χ3n) is 5.26. The van der Waals surface area contributed by atoms with E-state index >= 15 is 0 Å². The average Bonchev–Trinajstić information content (AvgIpc) is 3.20. The van der Waals surface area contributed by atoms with Crippen LogP contribution in [0.2, 0.25) is 0 Å². The van der Waals surface area contributed by atoms with Crippen molar-refractivity contribution in [3.05, 3.63) is 50.4 Å². The third kappa shape index (κ3) is 2.16. The Morgan fingerprint density at radius 3 is 2.32 bits per heavy atom. The number of imidazole rings is 2. The van der Waals surface area contributed by atoms with Crippen molar-refractivity contribution in [2.75, 3.05) is 14.2 Å². The van der Waals surface area contributed by atoms with Crippen LogP contribution in [0.3, 0.4) is 0 Å². The van der Waals surface area contributed by atoms with Crippen molar-refractivity contribution in [2.45, 2.75) is 13.8 Å². The fourth-order valence-electron chi connectivity index (χ4n) is 3.58. The molecule has 3 heterocycles. The molecule has 0 amide bonds. The van der Waals surface area contributed by atoms with Gasteiger partial charge in [0.1, 0.15) is 11.5 Å². The molecule has 0 N–H and O–H groups in total. The highest BCUT2D eigenvalue weighted by molar-refractivity contribution is 5.77. The predicted octanol–water partition coefficient (Wildman–Crippen LogP) is 1.31. The Hall–Kier alpha value is -3.49. The maximum atomic E-state index is 12.8. The van der Waals surface area contributed by atoms with Gasteiger partial charge in [-0.25, -0.2) is 4.79 Å². The van der Waals surface area contributed by atoms with Crippen LogP contribution in [0.15, 0.2) is 27.8 Å². The summed E-state index contributed by atoms with van der Waals surface area (Å²) < 4.78 is 17.0. The minimum absolute atomic E-state index is 0.340. The molecule has 28 heavy (non-hydrogen) atoms. The lowest BCUT2D eigenvalue weighted by Gasteiger charge is -2.13. The van der Waals surface area contributed by atoms with Gasteiger partial charge in [-0.1, -0.05) is 0 Å². The van der Waals surface area contributed by atoms with Crippen molar-refractivity contribution in [2.24, 2.45) is 14.1 Å². The van der Waals surface area contributed by atoms with E-state index in [4.69, 9.17) is 9.47 Å². The highest BCUT2D eigenvalue weighted by Gasteiger charge is 2.23. The molecule has 0 saturated carbocycles. The summed E-state index contributed by atoms with van der Waals surface area (Å²) >= 11 is 0. The zero-order valence-electron chi connectivity index (χ0n) is 16.6. The second-order valence-corrected chi connectivity index (χ2v) is 6.67. The first kappa shape index (κ1) is 17.9. The van der Waals surface area contributed by atoms with Gasteiger partial charge in [0.05, 0.1) is 19.9 Å². The Balaban J connectivity index is 2.20. The first-order valence-electron chi connectivity index (χ1n) is 8.70. The monoisotopic (exact) mass is 383 g/mol. The zero-order chi connectivity index (χ0) is 20.3. The highest BCUT2D eigenvalue weighted by atomic mass is 16.5.